The zero-order valence-electron chi connectivity index (χ0n) is 8.73. The van der Waals surface area contributed by atoms with Gasteiger partial charge in [-0.3, -0.25) is 0 Å². The van der Waals surface area contributed by atoms with Crippen molar-refractivity contribution in [3.63, 3.8) is 0 Å². The predicted molar refractivity (Wildman–Crippen MR) is 61.5 cm³/mol. The molecule has 2 rings (SSSR count). The van der Waals surface area contributed by atoms with Crippen molar-refractivity contribution in [2.24, 2.45) is 5.73 Å². The number of thiazole rings is 1. The molecule has 17 heavy (non-hydrogen) atoms. The summed E-state index contributed by atoms with van der Waals surface area (Å²) in [6.07, 6.45) is 0. The van der Waals surface area contributed by atoms with Crippen LogP contribution >= 0.6 is 11.3 Å². The fraction of sp³-hybridized carbons (Fsp3) is 0.182. The monoisotopic (exact) mass is 256 g/mol. The molecule has 0 aliphatic heterocycles. The van der Waals surface area contributed by atoms with Crippen molar-refractivity contribution in [3.8, 4) is 11.3 Å². The van der Waals surface area contributed by atoms with Crippen molar-refractivity contribution in [3.05, 3.63) is 40.2 Å². The average Bonchev–Trinajstić information content (AvgIpc) is 2.76. The number of nitrogens with zero attached hydrogens (tertiary/aromatic N) is 1. The van der Waals surface area contributed by atoms with Crippen LogP contribution in [0.4, 0.5) is 8.78 Å². The molecule has 3 N–H and O–H groups in total. The maximum Gasteiger partial charge on any atom is 0.126 e. The summed E-state index contributed by atoms with van der Waals surface area (Å²) in [6, 6.07) is 2.64. The zero-order chi connectivity index (χ0) is 12.4. The minimum absolute atomic E-state index is 0.218. The van der Waals surface area contributed by atoms with Gasteiger partial charge in [0.2, 0.25) is 0 Å². The van der Waals surface area contributed by atoms with Gasteiger partial charge in [-0.25, -0.2) is 13.8 Å². The molecular formula is C11H10F2N2OS. The van der Waals surface area contributed by atoms with Crippen LogP contribution in [0.1, 0.15) is 11.0 Å². The highest BCUT2D eigenvalue weighted by Crippen LogP contribution is 2.25. The molecule has 1 aromatic heterocycles. The normalized spacial score (nSPS) is 12.7. The topological polar surface area (TPSA) is 59.1 Å². The standard InChI is InChI=1S/C11H10F2N2OS/c12-7-1-6(2-8(13)3-7)10-5-17-11(15-10)9(14)4-16/h1-3,5,9,16H,4,14H2. The highest BCUT2D eigenvalue weighted by molar-refractivity contribution is 7.10. The second-order valence-electron chi connectivity index (χ2n) is 3.52. The van der Waals surface area contributed by atoms with E-state index in [1.54, 1.807) is 5.38 Å². The Bertz CT molecular complexity index is 510. The Balaban J connectivity index is 2.36. The number of halogens is 2. The van der Waals surface area contributed by atoms with Crippen LogP contribution in [0.5, 0.6) is 0 Å². The van der Waals surface area contributed by atoms with Gasteiger partial charge in [-0.1, -0.05) is 0 Å². The SMILES string of the molecule is NC(CO)c1nc(-c2cc(F)cc(F)c2)cs1. The predicted octanol–water partition coefficient (Wildman–Crippen LogP) is 2.08. The molecule has 0 saturated carbocycles. The quantitative estimate of drug-likeness (QED) is 0.884. The van der Waals surface area contributed by atoms with E-state index in [1.807, 2.05) is 0 Å². The first-order valence-corrected chi connectivity index (χ1v) is 5.76. The molecular weight excluding hydrogens is 246 g/mol. The number of aliphatic hydroxyl groups excluding tert-OH is 1. The number of hydrogen-bond donors (Lipinski definition) is 2. The third-order valence-corrected chi connectivity index (χ3v) is 3.17. The van der Waals surface area contributed by atoms with E-state index < -0.39 is 17.7 Å². The van der Waals surface area contributed by atoms with E-state index in [1.165, 1.54) is 23.5 Å². The van der Waals surface area contributed by atoms with Gasteiger partial charge >= 0.3 is 0 Å². The third kappa shape index (κ3) is 2.66. The number of aromatic nitrogens is 1. The van der Waals surface area contributed by atoms with Crippen LogP contribution in [0.2, 0.25) is 0 Å². The fourth-order valence-corrected chi connectivity index (χ4v) is 2.19. The molecule has 1 heterocycles. The lowest BCUT2D eigenvalue weighted by atomic mass is 10.1. The number of rotatable bonds is 3. The number of benzene rings is 1. The molecule has 0 aliphatic carbocycles. The molecule has 2 aromatic rings. The Morgan fingerprint density at radius 3 is 2.53 bits per heavy atom. The molecule has 0 aliphatic rings. The van der Waals surface area contributed by atoms with Crippen molar-refractivity contribution in [2.75, 3.05) is 6.61 Å². The Hall–Kier alpha value is -1.37. The largest absolute Gasteiger partial charge is 0.394 e. The molecule has 0 spiro atoms. The van der Waals surface area contributed by atoms with Gasteiger partial charge in [0.05, 0.1) is 18.3 Å². The van der Waals surface area contributed by atoms with E-state index in [0.29, 0.717) is 16.3 Å². The smallest absolute Gasteiger partial charge is 0.126 e. The van der Waals surface area contributed by atoms with Crippen LogP contribution in [0.25, 0.3) is 11.3 Å². The van der Waals surface area contributed by atoms with Gasteiger partial charge in [0.1, 0.15) is 16.6 Å². The van der Waals surface area contributed by atoms with E-state index in [4.69, 9.17) is 10.8 Å². The number of hydrogen-bond acceptors (Lipinski definition) is 4. The summed E-state index contributed by atoms with van der Waals surface area (Å²) in [4.78, 5) is 4.13. The van der Waals surface area contributed by atoms with Crippen molar-refractivity contribution in [1.82, 2.24) is 4.98 Å². The van der Waals surface area contributed by atoms with E-state index >= 15 is 0 Å². The summed E-state index contributed by atoms with van der Waals surface area (Å²) in [7, 11) is 0. The zero-order valence-corrected chi connectivity index (χ0v) is 9.55. The van der Waals surface area contributed by atoms with E-state index in [9.17, 15) is 8.78 Å². The summed E-state index contributed by atoms with van der Waals surface area (Å²) in [6.45, 7) is -0.218. The molecule has 90 valence electrons. The summed E-state index contributed by atoms with van der Waals surface area (Å²) in [5.41, 5.74) is 6.40. The average molecular weight is 256 g/mol. The van der Waals surface area contributed by atoms with Crippen LogP contribution in [0.3, 0.4) is 0 Å². The molecule has 0 fully saturated rings. The van der Waals surface area contributed by atoms with Gasteiger partial charge in [0.25, 0.3) is 0 Å². The first-order valence-electron chi connectivity index (χ1n) is 4.88. The van der Waals surface area contributed by atoms with Gasteiger partial charge in [-0.2, -0.15) is 0 Å². The molecule has 0 amide bonds. The maximum atomic E-state index is 13.0. The van der Waals surface area contributed by atoms with Gasteiger partial charge < -0.3 is 10.8 Å². The molecule has 3 nitrogen and oxygen atoms in total. The molecule has 0 bridgehead atoms. The number of aliphatic hydroxyl groups is 1. The van der Waals surface area contributed by atoms with E-state index in [0.717, 1.165) is 6.07 Å². The molecule has 6 heteroatoms. The van der Waals surface area contributed by atoms with Gasteiger partial charge in [0.15, 0.2) is 0 Å². The van der Waals surface area contributed by atoms with Gasteiger partial charge in [-0.15, -0.1) is 11.3 Å². The second-order valence-corrected chi connectivity index (χ2v) is 4.41. The molecule has 0 radical (unpaired) electrons. The van der Waals surface area contributed by atoms with Crippen molar-refractivity contribution in [2.45, 2.75) is 6.04 Å². The maximum absolute atomic E-state index is 13.0. The minimum Gasteiger partial charge on any atom is -0.394 e. The van der Waals surface area contributed by atoms with Crippen LogP contribution in [-0.2, 0) is 0 Å². The summed E-state index contributed by atoms with van der Waals surface area (Å²) in [5.74, 6) is -1.30. The first kappa shape index (κ1) is 12.1. The van der Waals surface area contributed by atoms with Crippen LogP contribution in [0, 0.1) is 11.6 Å². The van der Waals surface area contributed by atoms with Crippen LogP contribution in [0.15, 0.2) is 23.6 Å². The van der Waals surface area contributed by atoms with Crippen molar-refractivity contribution >= 4 is 11.3 Å². The van der Waals surface area contributed by atoms with Gasteiger partial charge in [0, 0.05) is 17.0 Å². The molecule has 1 aromatic carbocycles. The summed E-state index contributed by atoms with van der Waals surface area (Å²) < 4.78 is 26.0. The Labute approximate surface area is 101 Å². The van der Waals surface area contributed by atoms with Crippen molar-refractivity contribution < 1.29 is 13.9 Å². The lowest BCUT2D eigenvalue weighted by Crippen LogP contribution is -2.13. The Morgan fingerprint density at radius 2 is 1.94 bits per heavy atom. The molecule has 1 unspecified atom stereocenters. The minimum atomic E-state index is -0.652. The van der Waals surface area contributed by atoms with Crippen LogP contribution < -0.4 is 5.73 Å². The Kier molecular flexibility index (Phi) is 3.46. The summed E-state index contributed by atoms with van der Waals surface area (Å²) >= 11 is 1.25. The van der Waals surface area contributed by atoms with E-state index in [2.05, 4.69) is 4.98 Å². The lowest BCUT2D eigenvalue weighted by Gasteiger charge is -2.02. The number of nitrogens with two attached hydrogens (primary N) is 1. The summed E-state index contributed by atoms with van der Waals surface area (Å²) in [5, 5.41) is 11.1. The third-order valence-electron chi connectivity index (χ3n) is 2.19. The van der Waals surface area contributed by atoms with Gasteiger partial charge in [-0.05, 0) is 12.1 Å². The van der Waals surface area contributed by atoms with Crippen molar-refractivity contribution in [1.29, 1.82) is 0 Å². The fourth-order valence-electron chi connectivity index (χ4n) is 1.37. The van der Waals surface area contributed by atoms with E-state index in [-0.39, 0.29) is 6.61 Å². The highest BCUT2D eigenvalue weighted by atomic mass is 32.1. The highest BCUT2D eigenvalue weighted by Gasteiger charge is 2.12. The molecule has 1 atom stereocenters. The lowest BCUT2D eigenvalue weighted by molar-refractivity contribution is 0.268. The van der Waals surface area contributed by atoms with Crippen LogP contribution in [-0.4, -0.2) is 16.7 Å². The Morgan fingerprint density at radius 1 is 1.29 bits per heavy atom. The first-order chi connectivity index (χ1) is 8.10. The second kappa shape index (κ2) is 4.87. The molecule has 0 saturated heterocycles.